The molecule has 0 bridgehead atoms. The lowest BCUT2D eigenvalue weighted by Crippen LogP contribution is -2.20. The van der Waals surface area contributed by atoms with Crippen LogP contribution in [0.3, 0.4) is 0 Å². The number of pyridine rings is 1. The summed E-state index contributed by atoms with van der Waals surface area (Å²) in [6, 6.07) is 16.9. The number of hydrogen-bond donors (Lipinski definition) is 2. The first-order valence-corrected chi connectivity index (χ1v) is 7.07. The lowest BCUT2D eigenvalue weighted by atomic mass is 9.93. The van der Waals surface area contributed by atoms with Crippen molar-refractivity contribution in [3.05, 3.63) is 71.4 Å². The van der Waals surface area contributed by atoms with Crippen LogP contribution in [0, 0.1) is 6.92 Å². The number of nitrogen functional groups attached to an aromatic ring is 1. The van der Waals surface area contributed by atoms with E-state index in [1.165, 1.54) is 16.3 Å². The molecule has 1 unspecified atom stereocenters. The summed E-state index contributed by atoms with van der Waals surface area (Å²) in [5.41, 5.74) is 9.45. The molecule has 0 fully saturated rings. The highest BCUT2D eigenvalue weighted by Crippen LogP contribution is 2.31. The minimum absolute atomic E-state index is 0.0310. The van der Waals surface area contributed by atoms with Gasteiger partial charge in [0.1, 0.15) is 5.82 Å². The van der Waals surface area contributed by atoms with Gasteiger partial charge in [-0.15, -0.1) is 0 Å². The van der Waals surface area contributed by atoms with Crippen molar-refractivity contribution >= 4 is 16.6 Å². The number of nitrogens with two attached hydrogens (primary N) is 1. The molecule has 3 heteroatoms. The molecule has 0 saturated carbocycles. The van der Waals surface area contributed by atoms with Gasteiger partial charge in [0.2, 0.25) is 0 Å². The van der Waals surface area contributed by atoms with E-state index in [2.05, 4.69) is 58.8 Å². The van der Waals surface area contributed by atoms with Crippen LogP contribution in [-0.2, 0) is 0 Å². The predicted molar refractivity (Wildman–Crippen MR) is 88.2 cm³/mol. The SMILES string of the molecule is CNC(c1cc(C)cnc1N)c1cccc2ccccc12. The number of aromatic nitrogens is 1. The zero-order chi connectivity index (χ0) is 14.8. The molecule has 0 radical (unpaired) electrons. The number of nitrogens with one attached hydrogen (secondary N) is 1. The maximum Gasteiger partial charge on any atom is 0.128 e. The quantitative estimate of drug-likeness (QED) is 0.771. The van der Waals surface area contributed by atoms with Crippen LogP contribution in [-0.4, -0.2) is 12.0 Å². The average molecular weight is 277 g/mol. The number of aryl methyl sites for hydroxylation is 1. The molecule has 21 heavy (non-hydrogen) atoms. The zero-order valence-electron chi connectivity index (χ0n) is 12.3. The van der Waals surface area contributed by atoms with Gasteiger partial charge in [-0.1, -0.05) is 42.5 Å². The molecule has 3 rings (SSSR count). The van der Waals surface area contributed by atoms with Gasteiger partial charge in [-0.2, -0.15) is 0 Å². The fourth-order valence-electron chi connectivity index (χ4n) is 2.81. The van der Waals surface area contributed by atoms with Crippen molar-refractivity contribution in [1.82, 2.24) is 10.3 Å². The van der Waals surface area contributed by atoms with Gasteiger partial charge in [-0.3, -0.25) is 0 Å². The second-order valence-electron chi connectivity index (χ2n) is 5.28. The van der Waals surface area contributed by atoms with Crippen LogP contribution < -0.4 is 11.1 Å². The molecule has 3 N–H and O–H groups in total. The first kappa shape index (κ1) is 13.6. The number of benzene rings is 2. The third-order valence-corrected chi connectivity index (χ3v) is 3.82. The highest BCUT2D eigenvalue weighted by molar-refractivity contribution is 5.86. The van der Waals surface area contributed by atoms with E-state index in [-0.39, 0.29) is 6.04 Å². The molecule has 1 heterocycles. The third kappa shape index (κ3) is 2.48. The van der Waals surface area contributed by atoms with Crippen molar-refractivity contribution in [2.75, 3.05) is 12.8 Å². The van der Waals surface area contributed by atoms with Crippen molar-refractivity contribution in [3.63, 3.8) is 0 Å². The Balaban J connectivity index is 2.21. The molecule has 2 aromatic carbocycles. The molecule has 3 nitrogen and oxygen atoms in total. The van der Waals surface area contributed by atoms with Crippen LogP contribution in [0.4, 0.5) is 5.82 Å². The smallest absolute Gasteiger partial charge is 0.128 e. The van der Waals surface area contributed by atoms with Crippen molar-refractivity contribution < 1.29 is 0 Å². The van der Waals surface area contributed by atoms with E-state index in [0.29, 0.717) is 5.82 Å². The Hall–Kier alpha value is -2.39. The number of fused-ring (bicyclic) bond motifs is 1. The predicted octanol–water partition coefficient (Wildman–Crippen LogP) is 3.43. The topological polar surface area (TPSA) is 50.9 Å². The fraction of sp³-hybridized carbons (Fsp3) is 0.167. The average Bonchev–Trinajstić information content (AvgIpc) is 2.51. The molecule has 0 spiro atoms. The lowest BCUT2D eigenvalue weighted by molar-refractivity contribution is 0.695. The molecule has 106 valence electrons. The summed E-state index contributed by atoms with van der Waals surface area (Å²) in [6.07, 6.45) is 1.80. The van der Waals surface area contributed by atoms with Gasteiger partial charge in [-0.05, 0) is 41.9 Å². The summed E-state index contributed by atoms with van der Waals surface area (Å²) in [4.78, 5) is 4.29. The molecule has 1 aromatic heterocycles. The monoisotopic (exact) mass is 277 g/mol. The second-order valence-corrected chi connectivity index (χ2v) is 5.28. The van der Waals surface area contributed by atoms with Crippen LogP contribution in [0.15, 0.2) is 54.7 Å². The van der Waals surface area contributed by atoms with Gasteiger partial charge in [0.15, 0.2) is 0 Å². The highest BCUT2D eigenvalue weighted by Gasteiger charge is 2.17. The van der Waals surface area contributed by atoms with Gasteiger partial charge in [0.05, 0.1) is 6.04 Å². The fourth-order valence-corrected chi connectivity index (χ4v) is 2.81. The van der Waals surface area contributed by atoms with E-state index in [1.54, 1.807) is 6.20 Å². The van der Waals surface area contributed by atoms with E-state index in [1.807, 2.05) is 14.0 Å². The normalized spacial score (nSPS) is 12.5. The van der Waals surface area contributed by atoms with Crippen molar-refractivity contribution in [2.24, 2.45) is 0 Å². The van der Waals surface area contributed by atoms with Gasteiger partial charge in [0.25, 0.3) is 0 Å². The molecular formula is C18H19N3. The minimum atomic E-state index is 0.0310. The maximum atomic E-state index is 6.10. The molecule has 0 aliphatic carbocycles. The largest absolute Gasteiger partial charge is 0.383 e. The zero-order valence-corrected chi connectivity index (χ0v) is 12.3. The Morgan fingerprint density at radius 3 is 2.62 bits per heavy atom. The molecule has 0 aliphatic rings. The summed E-state index contributed by atoms with van der Waals surface area (Å²) in [5.74, 6) is 0.577. The highest BCUT2D eigenvalue weighted by atomic mass is 14.9. The number of rotatable bonds is 3. The second kappa shape index (κ2) is 5.54. The summed E-state index contributed by atoms with van der Waals surface area (Å²) in [6.45, 7) is 2.03. The molecule has 0 saturated heterocycles. The van der Waals surface area contributed by atoms with Gasteiger partial charge >= 0.3 is 0 Å². The van der Waals surface area contributed by atoms with Crippen LogP contribution >= 0.6 is 0 Å². The van der Waals surface area contributed by atoms with E-state index in [9.17, 15) is 0 Å². The van der Waals surface area contributed by atoms with E-state index >= 15 is 0 Å². The summed E-state index contributed by atoms with van der Waals surface area (Å²) < 4.78 is 0. The van der Waals surface area contributed by atoms with Gasteiger partial charge in [-0.25, -0.2) is 4.98 Å². The maximum absolute atomic E-state index is 6.10. The van der Waals surface area contributed by atoms with Crippen molar-refractivity contribution in [2.45, 2.75) is 13.0 Å². The van der Waals surface area contributed by atoms with Gasteiger partial charge in [0, 0.05) is 11.8 Å². The summed E-state index contributed by atoms with van der Waals surface area (Å²) in [5, 5.41) is 5.84. The summed E-state index contributed by atoms with van der Waals surface area (Å²) in [7, 11) is 1.95. The van der Waals surface area contributed by atoms with Crippen LogP contribution in [0.2, 0.25) is 0 Å². The Labute approximate surface area is 124 Å². The molecule has 0 aliphatic heterocycles. The van der Waals surface area contributed by atoms with Crippen molar-refractivity contribution in [3.8, 4) is 0 Å². The summed E-state index contributed by atoms with van der Waals surface area (Å²) >= 11 is 0. The number of hydrogen-bond acceptors (Lipinski definition) is 3. The Morgan fingerprint density at radius 1 is 1.05 bits per heavy atom. The van der Waals surface area contributed by atoms with E-state index < -0.39 is 0 Å². The van der Waals surface area contributed by atoms with Gasteiger partial charge < -0.3 is 11.1 Å². The van der Waals surface area contributed by atoms with E-state index in [4.69, 9.17) is 5.73 Å². The van der Waals surface area contributed by atoms with Crippen molar-refractivity contribution in [1.29, 1.82) is 0 Å². The van der Waals surface area contributed by atoms with Crippen LogP contribution in [0.25, 0.3) is 10.8 Å². The lowest BCUT2D eigenvalue weighted by Gasteiger charge is -2.20. The first-order valence-electron chi connectivity index (χ1n) is 7.07. The minimum Gasteiger partial charge on any atom is -0.383 e. The molecule has 3 aromatic rings. The first-order chi connectivity index (χ1) is 10.2. The standard InChI is InChI=1S/C18H19N3/c1-12-10-16(18(19)21-11-12)17(20-2)15-9-5-7-13-6-3-4-8-14(13)15/h3-11,17,20H,1-2H3,(H2,19,21). The number of nitrogens with zero attached hydrogens (tertiary/aromatic N) is 1. The molecular weight excluding hydrogens is 258 g/mol. The van der Waals surface area contributed by atoms with Crippen LogP contribution in [0.5, 0.6) is 0 Å². The number of anilines is 1. The van der Waals surface area contributed by atoms with Crippen LogP contribution in [0.1, 0.15) is 22.7 Å². The third-order valence-electron chi connectivity index (χ3n) is 3.82. The Kier molecular flexibility index (Phi) is 3.59. The molecule has 0 amide bonds. The molecule has 1 atom stereocenters. The Bertz CT molecular complexity index is 775. The Morgan fingerprint density at radius 2 is 1.81 bits per heavy atom. The van der Waals surface area contributed by atoms with E-state index in [0.717, 1.165) is 11.1 Å².